The van der Waals surface area contributed by atoms with Crippen molar-refractivity contribution >= 4 is 57.9 Å². The second-order valence-electron chi connectivity index (χ2n) is 19.1. The van der Waals surface area contributed by atoms with Crippen LogP contribution in [0.4, 0.5) is 0 Å². The van der Waals surface area contributed by atoms with Crippen LogP contribution in [-0.4, -0.2) is 93.6 Å². The normalized spacial score (nSPS) is 23.2. The average Bonchev–Trinajstić information content (AvgIpc) is 3.24. The van der Waals surface area contributed by atoms with Crippen LogP contribution in [0.1, 0.15) is 96.3 Å². The molecule has 0 bridgehead atoms. The van der Waals surface area contributed by atoms with Crippen molar-refractivity contribution in [2.45, 2.75) is 129 Å². The van der Waals surface area contributed by atoms with Gasteiger partial charge in [-0.1, -0.05) is 97.1 Å². The predicted octanol–water partition coefficient (Wildman–Crippen LogP) is 2.86. The van der Waals surface area contributed by atoms with E-state index in [1.165, 1.54) is 48.5 Å². The van der Waals surface area contributed by atoms with Gasteiger partial charge in [-0.3, -0.25) is 43.7 Å². The third kappa shape index (κ3) is 12.9. The number of hydrogen-bond acceptors (Lipinski definition) is 9. The van der Waals surface area contributed by atoms with Crippen LogP contribution in [0.5, 0.6) is 0 Å². The van der Waals surface area contributed by atoms with Crippen molar-refractivity contribution in [1.29, 1.82) is 0 Å². The topological polar surface area (TPSA) is 233 Å². The largest absolute Gasteiger partial charge is 0.343 e. The van der Waals surface area contributed by atoms with Gasteiger partial charge in [0.25, 0.3) is 0 Å². The zero-order valence-electron chi connectivity index (χ0n) is 39.2. The highest BCUT2D eigenvalue weighted by Crippen LogP contribution is 2.19. The van der Waals surface area contributed by atoms with Crippen molar-refractivity contribution in [3.8, 4) is 0 Å². The summed E-state index contributed by atoms with van der Waals surface area (Å²) < 4.78 is 0. The van der Waals surface area contributed by atoms with Crippen molar-refractivity contribution in [3.05, 3.63) is 119 Å². The second kappa shape index (κ2) is 20.1. The third-order valence-corrected chi connectivity index (χ3v) is 11.3. The molecule has 0 aromatic heterocycles. The van der Waals surface area contributed by atoms with E-state index in [9.17, 15) is 38.4 Å². The van der Waals surface area contributed by atoms with Crippen LogP contribution in [0.15, 0.2) is 97.1 Å². The Morgan fingerprint density at radius 1 is 0.455 bits per heavy atom. The van der Waals surface area contributed by atoms with E-state index in [0.29, 0.717) is 22.3 Å². The molecule has 66 heavy (non-hydrogen) atoms. The fourth-order valence-electron chi connectivity index (χ4n) is 7.36. The predicted molar refractivity (Wildman–Crippen MR) is 251 cm³/mol. The molecule has 1 heterocycles. The van der Waals surface area contributed by atoms with Gasteiger partial charge in [-0.25, -0.2) is 0 Å². The molecular weight excluding hydrogens is 841 g/mol. The van der Waals surface area contributed by atoms with Crippen molar-refractivity contribution < 1.29 is 38.4 Å². The van der Waals surface area contributed by atoms with Crippen LogP contribution in [0, 0.1) is 0 Å². The van der Waals surface area contributed by atoms with Crippen LogP contribution in [0.2, 0.25) is 0 Å². The number of fused-ring (bicyclic) bond motifs is 1. The molecule has 4 aromatic carbocycles. The Balaban J connectivity index is 1.44. The molecule has 8 N–H and O–H groups in total. The van der Waals surface area contributed by atoms with E-state index in [1.807, 2.05) is 48.5 Å². The van der Waals surface area contributed by atoms with E-state index in [0.717, 1.165) is 10.8 Å². The van der Waals surface area contributed by atoms with Gasteiger partial charge < -0.3 is 37.2 Å². The molecule has 5 rings (SSSR count). The van der Waals surface area contributed by atoms with Crippen molar-refractivity contribution in [2.75, 3.05) is 0 Å². The minimum absolute atomic E-state index is 0.0200. The van der Waals surface area contributed by atoms with E-state index in [2.05, 4.69) is 42.5 Å². The summed E-state index contributed by atoms with van der Waals surface area (Å²) in [6.45, 7) is 14.9. The summed E-state index contributed by atoms with van der Waals surface area (Å²) in [5, 5.41) is 24.1. The fourth-order valence-corrected chi connectivity index (χ4v) is 7.36. The van der Waals surface area contributed by atoms with E-state index in [-0.39, 0.29) is 18.6 Å². The van der Waals surface area contributed by atoms with Gasteiger partial charge in [0.05, 0.1) is 11.7 Å². The van der Waals surface area contributed by atoms with Crippen molar-refractivity contribution in [2.24, 2.45) is 0 Å². The molecule has 350 valence electrons. The summed E-state index contributed by atoms with van der Waals surface area (Å²) in [6.07, 6.45) is -0.0158. The number of hydrogen-bond donors (Lipinski definition) is 8. The minimum atomic E-state index is -1.62. The monoisotopic (exact) mass is 902 g/mol. The molecule has 1 aliphatic rings. The van der Waals surface area contributed by atoms with Crippen molar-refractivity contribution in [1.82, 2.24) is 42.5 Å². The average molecular weight is 903 g/mol. The van der Waals surface area contributed by atoms with Crippen LogP contribution in [-0.2, 0) is 46.4 Å². The SMILES string of the molecule is CC1NC(=O)C(C)(C)NC(=O)C(Cc2ccc3ccccc3c2)NC(=O)C(C)(C)NC(=O)C(C)NC(C)(C)NC(=O)C(Cc2ccc(C(=O)c3ccccc3)cc2)NC(=O)C(C)(C)NC1=O. The zero-order chi connectivity index (χ0) is 48.8. The molecule has 4 unspecified atom stereocenters. The van der Waals surface area contributed by atoms with Gasteiger partial charge in [0.2, 0.25) is 41.4 Å². The molecule has 1 fully saturated rings. The summed E-state index contributed by atoms with van der Waals surface area (Å²) in [5.41, 5.74) is -3.85. The van der Waals surface area contributed by atoms with Gasteiger partial charge >= 0.3 is 0 Å². The van der Waals surface area contributed by atoms with Crippen LogP contribution in [0.3, 0.4) is 0 Å². The summed E-state index contributed by atoms with van der Waals surface area (Å²) in [4.78, 5) is 111. The number of ketones is 1. The Hall–Kier alpha value is -6.94. The first-order chi connectivity index (χ1) is 30.8. The lowest BCUT2D eigenvalue weighted by Gasteiger charge is -2.35. The molecule has 7 amide bonds. The van der Waals surface area contributed by atoms with Gasteiger partial charge in [0.15, 0.2) is 5.78 Å². The quantitative estimate of drug-likeness (QED) is 0.133. The third-order valence-electron chi connectivity index (χ3n) is 11.3. The summed E-state index contributed by atoms with van der Waals surface area (Å²) >= 11 is 0. The maximum Gasteiger partial charge on any atom is 0.245 e. The van der Waals surface area contributed by atoms with Crippen LogP contribution < -0.4 is 42.5 Å². The first-order valence-electron chi connectivity index (χ1n) is 21.9. The number of carbonyl (C=O) groups excluding carboxylic acids is 8. The summed E-state index contributed by atoms with van der Waals surface area (Å²) in [7, 11) is 0. The molecule has 0 aliphatic carbocycles. The molecule has 0 saturated carbocycles. The molecule has 4 aromatic rings. The Kier molecular flexibility index (Phi) is 15.2. The molecule has 16 nitrogen and oxygen atoms in total. The highest BCUT2D eigenvalue weighted by molar-refractivity contribution is 6.09. The lowest BCUT2D eigenvalue weighted by atomic mass is 9.97. The first kappa shape index (κ1) is 50.1. The molecule has 0 radical (unpaired) electrons. The van der Waals surface area contributed by atoms with E-state index >= 15 is 0 Å². The maximum absolute atomic E-state index is 14.2. The van der Waals surface area contributed by atoms with Gasteiger partial charge in [0.1, 0.15) is 34.7 Å². The smallest absolute Gasteiger partial charge is 0.245 e. The summed E-state index contributed by atoms with van der Waals surface area (Å²) in [5.74, 6) is -5.03. The molecule has 1 aliphatic heterocycles. The van der Waals surface area contributed by atoms with E-state index in [1.54, 1.807) is 69.3 Å². The Morgan fingerprint density at radius 3 is 1.44 bits per heavy atom. The molecule has 1 saturated heterocycles. The second-order valence-corrected chi connectivity index (χ2v) is 19.1. The van der Waals surface area contributed by atoms with Crippen LogP contribution in [0.25, 0.3) is 10.8 Å². The maximum atomic E-state index is 14.2. The zero-order valence-corrected chi connectivity index (χ0v) is 39.2. The van der Waals surface area contributed by atoms with Gasteiger partial charge in [-0.05, 0) is 91.1 Å². The lowest BCUT2D eigenvalue weighted by Crippen LogP contribution is -2.66. The highest BCUT2D eigenvalue weighted by atomic mass is 16.2. The Morgan fingerprint density at radius 2 is 0.879 bits per heavy atom. The Labute approximate surface area is 385 Å². The first-order valence-corrected chi connectivity index (χ1v) is 21.9. The molecule has 16 heteroatoms. The number of nitrogens with one attached hydrogen (secondary N) is 8. The standard InChI is InChI=1S/C50H62N8O8/c1-29-40(60)55-48(5,6)45(65)52-37(27-31-20-24-35(25-21-31)39(59)34-17-12-11-13-18-34)43(63)58-50(9,10)54-30(2)41(61)56-49(7,8)46(66)53-38(42(62)57-47(3,4)44(64)51-29)28-32-22-23-33-16-14-15-19-36(33)26-32/h11-26,29-30,37-38,54H,27-28H2,1-10H3,(H,51,64)(H,52,65)(H,53,66)(H,55,60)(H,56,61)(H,57,62)(H,58,63). The number of rotatable bonds is 6. The number of amides is 7. The highest BCUT2D eigenvalue weighted by Gasteiger charge is 2.40. The van der Waals surface area contributed by atoms with E-state index in [4.69, 9.17) is 0 Å². The molecule has 4 atom stereocenters. The molecule has 0 spiro atoms. The molecular formula is C50H62N8O8. The van der Waals surface area contributed by atoms with E-state index < -0.39 is 87.8 Å². The minimum Gasteiger partial charge on any atom is -0.343 e. The number of benzene rings is 4. The lowest BCUT2D eigenvalue weighted by molar-refractivity contribution is -0.138. The van der Waals surface area contributed by atoms with Crippen LogP contribution >= 0.6 is 0 Å². The summed E-state index contributed by atoms with van der Waals surface area (Å²) in [6, 6.07) is 24.0. The van der Waals surface area contributed by atoms with Gasteiger partial charge in [0, 0.05) is 24.0 Å². The van der Waals surface area contributed by atoms with Crippen molar-refractivity contribution in [3.63, 3.8) is 0 Å². The Bertz CT molecular complexity index is 2500. The van der Waals surface area contributed by atoms with Gasteiger partial charge in [-0.15, -0.1) is 0 Å². The number of carbonyl (C=O) groups is 8. The van der Waals surface area contributed by atoms with Gasteiger partial charge in [-0.2, -0.15) is 0 Å². The fraction of sp³-hybridized carbons (Fsp3) is 0.400.